The molecule has 0 unspecified atom stereocenters. The SMILES string of the molecule is COCCN1C[C@H]2CCN(C(=O)c3c(C)noc3C)[C@@H]2C1. The van der Waals surface area contributed by atoms with Crippen LogP contribution in [-0.4, -0.2) is 66.8 Å². The van der Waals surface area contributed by atoms with Gasteiger partial charge in [0.2, 0.25) is 0 Å². The zero-order valence-electron chi connectivity index (χ0n) is 13.0. The van der Waals surface area contributed by atoms with Crippen LogP contribution in [0.2, 0.25) is 0 Å². The maximum absolute atomic E-state index is 12.8. The fourth-order valence-electron chi connectivity index (χ4n) is 3.64. The summed E-state index contributed by atoms with van der Waals surface area (Å²) in [5.41, 5.74) is 1.33. The molecule has 1 aromatic heterocycles. The number of carbonyl (C=O) groups is 1. The van der Waals surface area contributed by atoms with Crippen molar-refractivity contribution in [1.82, 2.24) is 15.0 Å². The summed E-state index contributed by atoms with van der Waals surface area (Å²) in [7, 11) is 1.73. The highest BCUT2D eigenvalue weighted by molar-refractivity contribution is 5.96. The first-order valence-corrected chi connectivity index (χ1v) is 7.57. The van der Waals surface area contributed by atoms with Crippen LogP contribution in [0, 0.1) is 19.8 Å². The molecule has 2 saturated heterocycles. The summed E-state index contributed by atoms with van der Waals surface area (Å²) in [5, 5.41) is 3.90. The molecule has 0 spiro atoms. The predicted octanol–water partition coefficient (Wildman–Crippen LogP) is 1.08. The van der Waals surface area contributed by atoms with Gasteiger partial charge in [-0.25, -0.2) is 0 Å². The van der Waals surface area contributed by atoms with E-state index in [2.05, 4.69) is 10.1 Å². The minimum atomic E-state index is 0.0762. The normalized spacial score (nSPS) is 25.6. The Labute approximate surface area is 125 Å². The van der Waals surface area contributed by atoms with Crippen molar-refractivity contribution in [3.05, 3.63) is 17.0 Å². The third-order valence-electron chi connectivity index (χ3n) is 4.74. The van der Waals surface area contributed by atoms with Gasteiger partial charge in [0.05, 0.1) is 12.3 Å². The molecule has 0 aromatic carbocycles. The number of hydrogen-bond acceptors (Lipinski definition) is 5. The number of fused-ring (bicyclic) bond motifs is 1. The highest BCUT2D eigenvalue weighted by Gasteiger charge is 2.44. The van der Waals surface area contributed by atoms with Crippen molar-refractivity contribution in [2.45, 2.75) is 26.3 Å². The lowest BCUT2D eigenvalue weighted by Gasteiger charge is -2.25. The first kappa shape index (κ1) is 14.5. The van der Waals surface area contributed by atoms with Crippen LogP contribution in [0.1, 0.15) is 28.2 Å². The van der Waals surface area contributed by atoms with Gasteiger partial charge in [0.25, 0.3) is 5.91 Å². The minimum Gasteiger partial charge on any atom is -0.383 e. The Morgan fingerprint density at radius 2 is 2.24 bits per heavy atom. The molecule has 3 rings (SSSR count). The Bertz CT molecular complexity index is 509. The van der Waals surface area contributed by atoms with Crippen LogP contribution < -0.4 is 0 Å². The van der Waals surface area contributed by atoms with E-state index in [0.717, 1.165) is 39.2 Å². The summed E-state index contributed by atoms with van der Waals surface area (Å²) in [4.78, 5) is 17.2. The van der Waals surface area contributed by atoms with Crippen molar-refractivity contribution in [2.75, 3.05) is 39.9 Å². The van der Waals surface area contributed by atoms with Gasteiger partial charge in [0.1, 0.15) is 11.3 Å². The summed E-state index contributed by atoms with van der Waals surface area (Å²) in [6, 6.07) is 0.322. The number of amides is 1. The van der Waals surface area contributed by atoms with Crippen molar-refractivity contribution in [1.29, 1.82) is 0 Å². The lowest BCUT2D eigenvalue weighted by molar-refractivity contribution is 0.0720. The fourth-order valence-corrected chi connectivity index (χ4v) is 3.64. The van der Waals surface area contributed by atoms with Gasteiger partial charge in [-0.15, -0.1) is 0 Å². The Kier molecular flexibility index (Phi) is 3.99. The zero-order valence-corrected chi connectivity index (χ0v) is 13.0. The van der Waals surface area contributed by atoms with E-state index >= 15 is 0 Å². The van der Waals surface area contributed by atoms with Crippen molar-refractivity contribution in [2.24, 2.45) is 5.92 Å². The molecule has 6 nitrogen and oxygen atoms in total. The van der Waals surface area contributed by atoms with Crippen LogP contribution in [0.4, 0.5) is 0 Å². The van der Waals surface area contributed by atoms with E-state index in [-0.39, 0.29) is 5.91 Å². The topological polar surface area (TPSA) is 58.8 Å². The zero-order chi connectivity index (χ0) is 15.0. The van der Waals surface area contributed by atoms with E-state index in [4.69, 9.17) is 9.26 Å². The first-order chi connectivity index (χ1) is 10.1. The maximum Gasteiger partial charge on any atom is 0.259 e. The standard InChI is InChI=1S/C15H23N3O3/c1-10-14(11(2)21-16-10)15(19)18-5-4-12-8-17(6-7-20-3)9-13(12)18/h12-13H,4-9H2,1-3H3/t12-,13-/m1/s1. The number of hydrogen-bond donors (Lipinski definition) is 0. The van der Waals surface area contributed by atoms with Gasteiger partial charge < -0.3 is 14.2 Å². The number of methoxy groups -OCH3 is 1. The van der Waals surface area contributed by atoms with E-state index in [1.165, 1.54) is 0 Å². The number of ether oxygens (including phenoxy) is 1. The second-order valence-electron chi connectivity index (χ2n) is 6.07. The molecule has 0 saturated carbocycles. The number of carbonyl (C=O) groups excluding carboxylic acids is 1. The molecule has 0 aliphatic carbocycles. The molecule has 116 valence electrons. The molecule has 3 heterocycles. The third kappa shape index (κ3) is 2.58. The van der Waals surface area contributed by atoms with Crippen molar-refractivity contribution < 1.29 is 14.1 Å². The Balaban J connectivity index is 1.71. The molecule has 2 fully saturated rings. The van der Waals surface area contributed by atoms with Crippen molar-refractivity contribution >= 4 is 5.91 Å². The number of rotatable bonds is 4. The highest BCUT2D eigenvalue weighted by atomic mass is 16.5. The summed E-state index contributed by atoms with van der Waals surface area (Å²) in [5.74, 6) is 1.29. The van der Waals surface area contributed by atoms with Gasteiger partial charge in [0.15, 0.2) is 0 Å². The largest absolute Gasteiger partial charge is 0.383 e. The molecule has 0 N–H and O–H groups in total. The number of likely N-dealkylation sites (tertiary alicyclic amines) is 2. The van der Waals surface area contributed by atoms with Crippen molar-refractivity contribution in [3.8, 4) is 0 Å². The van der Waals surface area contributed by atoms with Gasteiger partial charge in [-0.2, -0.15) is 0 Å². The monoisotopic (exact) mass is 293 g/mol. The van der Waals surface area contributed by atoms with Crippen LogP contribution in [-0.2, 0) is 4.74 Å². The molecule has 2 aliphatic rings. The summed E-state index contributed by atoms with van der Waals surface area (Å²) < 4.78 is 10.3. The highest BCUT2D eigenvalue weighted by Crippen LogP contribution is 2.33. The molecule has 6 heteroatoms. The fraction of sp³-hybridized carbons (Fsp3) is 0.733. The van der Waals surface area contributed by atoms with Crippen molar-refractivity contribution in [3.63, 3.8) is 0 Å². The first-order valence-electron chi connectivity index (χ1n) is 7.57. The van der Waals surface area contributed by atoms with Crippen LogP contribution in [0.3, 0.4) is 0 Å². The van der Waals surface area contributed by atoms with Crippen LogP contribution in [0.15, 0.2) is 4.52 Å². The number of aromatic nitrogens is 1. The lowest BCUT2D eigenvalue weighted by atomic mass is 10.0. The van der Waals surface area contributed by atoms with Gasteiger partial charge in [0, 0.05) is 39.3 Å². The molecule has 0 bridgehead atoms. The molecule has 2 atom stereocenters. The molecular formula is C15H23N3O3. The third-order valence-corrected chi connectivity index (χ3v) is 4.74. The van der Waals surface area contributed by atoms with Crippen LogP contribution >= 0.6 is 0 Å². The molecule has 2 aliphatic heterocycles. The summed E-state index contributed by atoms with van der Waals surface area (Å²) in [6.07, 6.45) is 1.09. The maximum atomic E-state index is 12.8. The molecule has 0 radical (unpaired) electrons. The number of aryl methyl sites for hydroxylation is 2. The second-order valence-corrected chi connectivity index (χ2v) is 6.07. The Morgan fingerprint density at radius 1 is 1.43 bits per heavy atom. The average Bonchev–Trinajstić information content (AvgIpc) is 3.10. The van der Waals surface area contributed by atoms with E-state index < -0.39 is 0 Å². The molecule has 1 aromatic rings. The minimum absolute atomic E-state index is 0.0762. The molecular weight excluding hydrogens is 270 g/mol. The van der Waals surface area contributed by atoms with E-state index in [1.807, 2.05) is 11.8 Å². The van der Waals surface area contributed by atoms with Gasteiger partial charge in [-0.1, -0.05) is 5.16 Å². The van der Waals surface area contributed by atoms with E-state index in [0.29, 0.717) is 29.0 Å². The number of nitrogens with zero attached hydrogens (tertiary/aromatic N) is 3. The lowest BCUT2D eigenvalue weighted by Crippen LogP contribution is -2.40. The van der Waals surface area contributed by atoms with Gasteiger partial charge in [-0.3, -0.25) is 9.69 Å². The smallest absolute Gasteiger partial charge is 0.259 e. The summed E-state index contributed by atoms with van der Waals surface area (Å²) in [6.45, 7) is 8.18. The van der Waals surface area contributed by atoms with Gasteiger partial charge in [-0.05, 0) is 26.2 Å². The van der Waals surface area contributed by atoms with E-state index in [1.54, 1.807) is 14.0 Å². The van der Waals surface area contributed by atoms with E-state index in [9.17, 15) is 4.79 Å². The average molecular weight is 293 g/mol. The Morgan fingerprint density at radius 3 is 2.90 bits per heavy atom. The van der Waals surface area contributed by atoms with Gasteiger partial charge >= 0.3 is 0 Å². The Hall–Kier alpha value is -1.40. The van der Waals surface area contributed by atoms with Crippen LogP contribution in [0.25, 0.3) is 0 Å². The van der Waals surface area contributed by atoms with Crippen LogP contribution in [0.5, 0.6) is 0 Å². The summed E-state index contributed by atoms with van der Waals surface area (Å²) >= 11 is 0. The quantitative estimate of drug-likeness (QED) is 0.831. The predicted molar refractivity (Wildman–Crippen MR) is 77.2 cm³/mol. The second kappa shape index (κ2) is 5.77. The molecule has 1 amide bonds. The molecule has 21 heavy (non-hydrogen) atoms.